The third-order valence-electron chi connectivity index (χ3n) is 6.40. The number of para-hydroxylation sites is 2. The summed E-state index contributed by atoms with van der Waals surface area (Å²) >= 11 is 7.36. The second-order valence-corrected chi connectivity index (χ2v) is 9.99. The normalized spacial score (nSPS) is 16.0. The first-order chi connectivity index (χ1) is 17.4. The number of aliphatic hydroxyl groups is 1. The second kappa shape index (κ2) is 8.58. The van der Waals surface area contributed by atoms with Gasteiger partial charge in [-0.15, -0.1) is 0 Å². The van der Waals surface area contributed by atoms with E-state index in [4.69, 9.17) is 11.6 Å². The minimum absolute atomic E-state index is 0.0446. The summed E-state index contributed by atoms with van der Waals surface area (Å²) in [6.45, 7) is 2.03. The van der Waals surface area contributed by atoms with Crippen molar-refractivity contribution in [1.82, 2.24) is 19.3 Å². The molecule has 0 aliphatic carbocycles. The number of fused-ring (bicyclic) bond motifs is 3. The molecule has 5 aromatic rings. The fraction of sp³-hybridized carbons (Fsp3) is 0.111. The molecular weight excluding hydrogens is 496 g/mol. The molecule has 6 rings (SSSR count). The number of amides is 1. The van der Waals surface area contributed by atoms with Crippen LogP contribution in [-0.2, 0) is 11.3 Å². The van der Waals surface area contributed by atoms with Gasteiger partial charge in [-0.05, 0) is 48.4 Å². The van der Waals surface area contributed by atoms with Crippen molar-refractivity contribution < 1.29 is 14.7 Å². The minimum Gasteiger partial charge on any atom is -0.503 e. The van der Waals surface area contributed by atoms with Crippen LogP contribution in [0.2, 0.25) is 5.02 Å². The lowest BCUT2D eigenvalue weighted by molar-refractivity contribution is -0.130. The SMILES string of the molecule is Cc1c(C(=O)C2=C(O)C(=O)N(Cc3cccnc3)C2c2ccc(Cl)cc2)sc2nc3ccccc3n12. The highest BCUT2D eigenvalue weighted by Crippen LogP contribution is 2.42. The minimum atomic E-state index is -0.784. The highest BCUT2D eigenvalue weighted by atomic mass is 35.5. The number of nitrogens with zero attached hydrogens (tertiary/aromatic N) is 4. The van der Waals surface area contributed by atoms with Gasteiger partial charge in [-0.1, -0.05) is 53.3 Å². The molecule has 1 aliphatic heterocycles. The third-order valence-corrected chi connectivity index (χ3v) is 7.80. The van der Waals surface area contributed by atoms with Crippen molar-refractivity contribution in [1.29, 1.82) is 0 Å². The smallest absolute Gasteiger partial charge is 0.290 e. The second-order valence-electron chi connectivity index (χ2n) is 8.57. The van der Waals surface area contributed by atoms with Crippen LogP contribution in [0.1, 0.15) is 32.5 Å². The lowest BCUT2D eigenvalue weighted by atomic mass is 9.95. The molecule has 3 aromatic heterocycles. The first kappa shape index (κ1) is 22.5. The monoisotopic (exact) mass is 514 g/mol. The predicted octanol–water partition coefficient (Wildman–Crippen LogP) is 5.68. The first-order valence-electron chi connectivity index (χ1n) is 11.2. The summed E-state index contributed by atoms with van der Waals surface area (Å²) < 4.78 is 1.94. The number of thiazole rings is 1. The molecule has 0 saturated carbocycles. The average molecular weight is 515 g/mol. The third kappa shape index (κ3) is 3.49. The van der Waals surface area contributed by atoms with E-state index in [1.165, 1.54) is 16.2 Å². The molecule has 1 aliphatic rings. The number of benzene rings is 2. The van der Waals surface area contributed by atoms with Gasteiger partial charge in [0, 0.05) is 29.7 Å². The van der Waals surface area contributed by atoms with Gasteiger partial charge in [0.25, 0.3) is 5.91 Å². The van der Waals surface area contributed by atoms with Crippen LogP contribution in [0.15, 0.2) is 84.4 Å². The highest BCUT2D eigenvalue weighted by molar-refractivity contribution is 7.19. The van der Waals surface area contributed by atoms with Crippen LogP contribution in [0.4, 0.5) is 0 Å². The Hall–Kier alpha value is -4.01. The van der Waals surface area contributed by atoms with E-state index in [-0.39, 0.29) is 12.1 Å². The molecule has 1 amide bonds. The van der Waals surface area contributed by atoms with E-state index >= 15 is 0 Å². The van der Waals surface area contributed by atoms with Crippen molar-refractivity contribution in [3.05, 3.63) is 111 Å². The van der Waals surface area contributed by atoms with Crippen molar-refractivity contribution in [3.8, 4) is 0 Å². The van der Waals surface area contributed by atoms with Gasteiger partial charge >= 0.3 is 0 Å². The quantitative estimate of drug-likeness (QED) is 0.305. The van der Waals surface area contributed by atoms with Gasteiger partial charge < -0.3 is 10.0 Å². The zero-order valence-electron chi connectivity index (χ0n) is 19.1. The molecule has 1 atom stereocenters. The molecule has 36 heavy (non-hydrogen) atoms. The van der Waals surface area contributed by atoms with Gasteiger partial charge in [-0.2, -0.15) is 0 Å². The van der Waals surface area contributed by atoms with Crippen LogP contribution in [0, 0.1) is 6.92 Å². The number of carbonyl (C=O) groups is 2. The number of Topliss-reactive ketones (excluding diaryl/α,β-unsaturated/α-hetero) is 1. The van der Waals surface area contributed by atoms with E-state index in [1.807, 2.05) is 41.7 Å². The Morgan fingerprint density at radius 3 is 2.64 bits per heavy atom. The van der Waals surface area contributed by atoms with Gasteiger partial charge in [-0.25, -0.2) is 4.98 Å². The molecule has 1 N–H and O–H groups in total. The van der Waals surface area contributed by atoms with Crippen LogP contribution in [-0.4, -0.2) is 36.1 Å². The summed E-state index contributed by atoms with van der Waals surface area (Å²) in [4.78, 5) is 38.7. The lowest BCUT2D eigenvalue weighted by Crippen LogP contribution is -2.30. The molecular formula is C27H19ClN4O3S. The highest BCUT2D eigenvalue weighted by Gasteiger charge is 2.44. The number of pyridine rings is 1. The molecule has 9 heteroatoms. The summed E-state index contributed by atoms with van der Waals surface area (Å²) in [7, 11) is 0. The van der Waals surface area contributed by atoms with Gasteiger partial charge in [0.2, 0.25) is 5.78 Å². The number of hydrogen-bond donors (Lipinski definition) is 1. The van der Waals surface area contributed by atoms with Gasteiger partial charge in [0.15, 0.2) is 10.7 Å². The van der Waals surface area contributed by atoms with Crippen LogP contribution in [0.25, 0.3) is 16.0 Å². The largest absolute Gasteiger partial charge is 0.503 e. The van der Waals surface area contributed by atoms with E-state index in [0.717, 1.165) is 16.6 Å². The van der Waals surface area contributed by atoms with Crippen molar-refractivity contribution in [2.24, 2.45) is 0 Å². The van der Waals surface area contributed by atoms with Gasteiger partial charge in [0.1, 0.15) is 0 Å². The molecule has 4 heterocycles. The van der Waals surface area contributed by atoms with Crippen LogP contribution in [0.5, 0.6) is 0 Å². The standard InChI is InChI=1S/C27H19ClN4O3S/c1-15-25(36-27-30-19-6-2-3-7-20(19)32(15)27)23(33)21-22(17-8-10-18(28)11-9-17)31(26(35)24(21)34)14-16-5-4-12-29-13-16/h2-13,22,34H,14H2,1H3. The Kier molecular flexibility index (Phi) is 5.35. The number of ketones is 1. The molecule has 2 aromatic carbocycles. The van der Waals surface area contributed by atoms with Crippen LogP contribution in [0.3, 0.4) is 0 Å². The number of rotatable bonds is 5. The molecule has 1 unspecified atom stereocenters. The number of halogens is 1. The summed E-state index contributed by atoms with van der Waals surface area (Å²) in [6.07, 6.45) is 3.31. The Bertz CT molecular complexity index is 1690. The number of hydrogen-bond acceptors (Lipinski definition) is 6. The van der Waals surface area contributed by atoms with Crippen molar-refractivity contribution in [3.63, 3.8) is 0 Å². The predicted molar refractivity (Wildman–Crippen MR) is 138 cm³/mol. The Balaban J connectivity index is 1.48. The number of carbonyl (C=O) groups excluding carboxylic acids is 2. The number of aromatic nitrogens is 3. The number of aryl methyl sites for hydroxylation is 1. The Labute approximate surface area is 214 Å². The Morgan fingerprint density at radius 1 is 1.11 bits per heavy atom. The molecule has 178 valence electrons. The molecule has 0 spiro atoms. The van der Waals surface area contributed by atoms with Crippen LogP contribution >= 0.6 is 22.9 Å². The van der Waals surface area contributed by atoms with E-state index in [1.54, 1.807) is 42.7 Å². The maximum atomic E-state index is 14.0. The molecule has 0 bridgehead atoms. The lowest BCUT2D eigenvalue weighted by Gasteiger charge is -2.27. The topological polar surface area (TPSA) is 87.8 Å². The van der Waals surface area contributed by atoms with E-state index < -0.39 is 23.5 Å². The molecule has 7 nitrogen and oxygen atoms in total. The zero-order valence-corrected chi connectivity index (χ0v) is 20.6. The van der Waals surface area contributed by atoms with E-state index in [2.05, 4.69) is 9.97 Å². The summed E-state index contributed by atoms with van der Waals surface area (Å²) in [5.41, 5.74) is 3.95. The molecule has 0 radical (unpaired) electrons. The fourth-order valence-corrected chi connectivity index (χ4v) is 5.95. The molecule has 0 saturated heterocycles. The van der Waals surface area contributed by atoms with E-state index in [0.29, 0.717) is 26.1 Å². The van der Waals surface area contributed by atoms with E-state index in [9.17, 15) is 14.7 Å². The molecule has 0 fully saturated rings. The van der Waals surface area contributed by atoms with Crippen molar-refractivity contribution in [2.75, 3.05) is 0 Å². The fourth-order valence-electron chi connectivity index (χ4n) is 4.72. The average Bonchev–Trinajstić information content (AvgIpc) is 3.50. The summed E-state index contributed by atoms with van der Waals surface area (Å²) in [6, 6.07) is 17.5. The Morgan fingerprint density at radius 2 is 1.89 bits per heavy atom. The van der Waals surface area contributed by atoms with Crippen molar-refractivity contribution in [2.45, 2.75) is 19.5 Å². The zero-order chi connectivity index (χ0) is 25.0. The number of imidazole rings is 1. The summed E-state index contributed by atoms with van der Waals surface area (Å²) in [5, 5.41) is 11.6. The first-order valence-corrected chi connectivity index (χ1v) is 12.4. The maximum absolute atomic E-state index is 14.0. The van der Waals surface area contributed by atoms with Gasteiger partial charge in [-0.3, -0.25) is 19.0 Å². The van der Waals surface area contributed by atoms with Crippen molar-refractivity contribution >= 4 is 50.6 Å². The van der Waals surface area contributed by atoms with Crippen LogP contribution < -0.4 is 0 Å². The van der Waals surface area contributed by atoms with Gasteiger partial charge in [0.05, 0.1) is 27.5 Å². The maximum Gasteiger partial charge on any atom is 0.290 e. The summed E-state index contributed by atoms with van der Waals surface area (Å²) in [5.74, 6) is -1.54. The number of aliphatic hydroxyl groups excluding tert-OH is 1.